The van der Waals surface area contributed by atoms with Gasteiger partial charge < -0.3 is 4.57 Å². The highest BCUT2D eigenvalue weighted by atomic mass is 79.9. The summed E-state index contributed by atoms with van der Waals surface area (Å²) in [6.07, 6.45) is 5.67. The number of rotatable bonds is 3. The minimum absolute atomic E-state index is 0.395. The maximum atomic E-state index is 4.25. The number of halogens is 1. The van der Waals surface area contributed by atoms with Crippen LogP contribution in [0.2, 0.25) is 0 Å². The van der Waals surface area contributed by atoms with Crippen molar-refractivity contribution in [2.24, 2.45) is 0 Å². The second kappa shape index (κ2) is 7.07. The fourth-order valence-corrected chi connectivity index (χ4v) is 5.38. The molecule has 0 saturated heterocycles. The molecule has 0 radical (unpaired) electrons. The van der Waals surface area contributed by atoms with Gasteiger partial charge in [-0.15, -0.1) is 0 Å². The summed E-state index contributed by atoms with van der Waals surface area (Å²) < 4.78 is 3.16. The van der Waals surface area contributed by atoms with E-state index in [2.05, 4.69) is 123 Å². The van der Waals surface area contributed by atoms with Gasteiger partial charge in [0, 0.05) is 22.6 Å². The van der Waals surface area contributed by atoms with Gasteiger partial charge in [-0.25, -0.2) is 4.98 Å². The zero-order valence-corrected chi connectivity index (χ0v) is 18.3. The summed E-state index contributed by atoms with van der Waals surface area (Å²) in [6.45, 7) is 0. The van der Waals surface area contributed by atoms with Crippen LogP contribution in [0.3, 0.4) is 0 Å². The molecule has 0 aliphatic heterocycles. The molecule has 1 heterocycles. The second-order valence-corrected chi connectivity index (χ2v) is 8.79. The van der Waals surface area contributed by atoms with Gasteiger partial charge in [0.25, 0.3) is 0 Å². The molecule has 31 heavy (non-hydrogen) atoms. The Morgan fingerprint density at radius 3 is 1.90 bits per heavy atom. The first kappa shape index (κ1) is 18.3. The van der Waals surface area contributed by atoms with Crippen molar-refractivity contribution in [3.8, 4) is 16.8 Å². The molecule has 0 unspecified atom stereocenters. The lowest BCUT2D eigenvalue weighted by atomic mass is 9.67. The van der Waals surface area contributed by atoms with Crippen LogP contribution >= 0.6 is 15.9 Å². The van der Waals surface area contributed by atoms with E-state index in [4.69, 9.17) is 0 Å². The van der Waals surface area contributed by atoms with Crippen molar-refractivity contribution < 1.29 is 0 Å². The Morgan fingerprint density at radius 2 is 1.29 bits per heavy atom. The van der Waals surface area contributed by atoms with E-state index >= 15 is 0 Å². The summed E-state index contributed by atoms with van der Waals surface area (Å²) in [7, 11) is 0. The predicted molar refractivity (Wildman–Crippen MR) is 129 cm³/mol. The lowest BCUT2D eigenvalue weighted by Crippen LogP contribution is -2.28. The smallest absolute Gasteiger partial charge is 0.0991 e. The first-order chi connectivity index (χ1) is 15.3. The minimum Gasteiger partial charge on any atom is -0.306 e. The predicted octanol–water partition coefficient (Wildman–Crippen LogP) is 7.00. The van der Waals surface area contributed by atoms with Crippen LogP contribution in [0.15, 0.2) is 120 Å². The zero-order valence-electron chi connectivity index (χ0n) is 16.7. The zero-order chi connectivity index (χ0) is 20.8. The van der Waals surface area contributed by atoms with Crippen LogP contribution in [-0.4, -0.2) is 9.55 Å². The number of nitrogens with zero attached hydrogens (tertiary/aromatic N) is 2. The first-order valence-electron chi connectivity index (χ1n) is 10.3. The Labute approximate surface area is 190 Å². The van der Waals surface area contributed by atoms with Crippen LogP contribution in [0.5, 0.6) is 0 Å². The number of benzene rings is 4. The molecule has 0 fully saturated rings. The van der Waals surface area contributed by atoms with E-state index in [0.717, 1.165) is 10.2 Å². The molecule has 1 aromatic heterocycles. The fourth-order valence-electron chi connectivity index (χ4n) is 5.02. The van der Waals surface area contributed by atoms with Crippen LogP contribution in [0.25, 0.3) is 16.8 Å². The van der Waals surface area contributed by atoms with Gasteiger partial charge in [0.15, 0.2) is 0 Å². The van der Waals surface area contributed by atoms with E-state index in [1.807, 2.05) is 18.7 Å². The van der Waals surface area contributed by atoms with Crippen LogP contribution in [0.4, 0.5) is 0 Å². The van der Waals surface area contributed by atoms with Crippen molar-refractivity contribution in [1.29, 1.82) is 0 Å². The van der Waals surface area contributed by atoms with E-state index in [9.17, 15) is 0 Å². The normalized spacial score (nSPS) is 13.6. The molecular weight excluding hydrogens is 444 g/mol. The Morgan fingerprint density at radius 1 is 0.677 bits per heavy atom. The largest absolute Gasteiger partial charge is 0.306 e. The summed E-state index contributed by atoms with van der Waals surface area (Å²) in [6, 6.07) is 35.1. The third-order valence-electron chi connectivity index (χ3n) is 6.30. The minimum atomic E-state index is -0.395. The quantitative estimate of drug-likeness (QED) is 0.276. The molecule has 1 aliphatic rings. The van der Waals surface area contributed by atoms with Crippen molar-refractivity contribution in [2.45, 2.75) is 5.41 Å². The fraction of sp³-hybridized carbons (Fsp3) is 0.0357. The van der Waals surface area contributed by atoms with Gasteiger partial charge in [-0.1, -0.05) is 88.7 Å². The van der Waals surface area contributed by atoms with E-state index in [-0.39, 0.29) is 0 Å². The van der Waals surface area contributed by atoms with Gasteiger partial charge in [-0.3, -0.25) is 0 Å². The summed E-state index contributed by atoms with van der Waals surface area (Å²) in [5, 5.41) is 0. The molecule has 6 rings (SSSR count). The molecule has 0 N–H and O–H groups in total. The molecule has 2 nitrogen and oxygen atoms in total. The summed E-state index contributed by atoms with van der Waals surface area (Å²) >= 11 is 3.74. The lowest BCUT2D eigenvalue weighted by Gasteiger charge is -2.34. The number of hydrogen-bond acceptors (Lipinski definition) is 1. The maximum absolute atomic E-state index is 4.25. The third kappa shape index (κ3) is 2.67. The second-order valence-electron chi connectivity index (χ2n) is 7.87. The molecule has 1 aliphatic carbocycles. The molecule has 3 heteroatoms. The third-order valence-corrected chi connectivity index (χ3v) is 6.79. The first-order valence-corrected chi connectivity index (χ1v) is 11.1. The number of hydrogen-bond donors (Lipinski definition) is 0. The SMILES string of the molecule is Brc1ccc2c(c1)C(c1ccccc1)(c1ccccc1)c1cc(-n3ccnc3)ccc1-2. The summed E-state index contributed by atoms with van der Waals surface area (Å²) in [4.78, 5) is 4.25. The average Bonchev–Trinajstić information content (AvgIpc) is 3.45. The summed E-state index contributed by atoms with van der Waals surface area (Å²) in [5.41, 5.74) is 8.40. The molecule has 0 amide bonds. The number of aromatic nitrogens is 2. The standard InChI is InChI=1S/C28H19BrN2/c29-22-11-13-24-25-14-12-23(31-16-15-30-19-31)18-27(25)28(26(24)17-22,20-7-3-1-4-8-20)21-9-5-2-6-10-21/h1-19H. The van der Waals surface area contributed by atoms with Crippen molar-refractivity contribution in [3.05, 3.63) is 143 Å². The van der Waals surface area contributed by atoms with E-state index < -0.39 is 5.41 Å². The molecular formula is C28H19BrN2. The van der Waals surface area contributed by atoms with Gasteiger partial charge in [0.1, 0.15) is 0 Å². The topological polar surface area (TPSA) is 17.8 Å². The van der Waals surface area contributed by atoms with Crippen molar-refractivity contribution in [1.82, 2.24) is 9.55 Å². The molecule has 4 aromatic carbocycles. The molecule has 5 aromatic rings. The van der Waals surface area contributed by atoms with E-state index in [0.29, 0.717) is 0 Å². The van der Waals surface area contributed by atoms with Gasteiger partial charge in [0.2, 0.25) is 0 Å². The van der Waals surface area contributed by atoms with Crippen molar-refractivity contribution in [2.75, 3.05) is 0 Å². The van der Waals surface area contributed by atoms with Crippen molar-refractivity contribution in [3.63, 3.8) is 0 Å². The van der Waals surface area contributed by atoms with Gasteiger partial charge >= 0.3 is 0 Å². The van der Waals surface area contributed by atoms with Gasteiger partial charge in [-0.2, -0.15) is 0 Å². The highest BCUT2D eigenvalue weighted by molar-refractivity contribution is 9.10. The lowest BCUT2D eigenvalue weighted by molar-refractivity contribution is 0.766. The van der Waals surface area contributed by atoms with Gasteiger partial charge in [0.05, 0.1) is 11.7 Å². The van der Waals surface area contributed by atoms with Crippen LogP contribution in [0.1, 0.15) is 22.3 Å². The molecule has 148 valence electrons. The van der Waals surface area contributed by atoms with Crippen LogP contribution in [-0.2, 0) is 5.41 Å². The molecule has 0 atom stereocenters. The Balaban J connectivity index is 1.77. The summed E-state index contributed by atoms with van der Waals surface area (Å²) in [5.74, 6) is 0. The van der Waals surface area contributed by atoms with Gasteiger partial charge in [-0.05, 0) is 57.6 Å². The molecule has 0 spiro atoms. The Kier molecular flexibility index (Phi) is 4.18. The molecule has 0 bridgehead atoms. The highest BCUT2D eigenvalue weighted by Crippen LogP contribution is 2.56. The Hall–Kier alpha value is -3.43. The monoisotopic (exact) mass is 462 g/mol. The molecule has 0 saturated carbocycles. The number of fused-ring (bicyclic) bond motifs is 3. The van der Waals surface area contributed by atoms with Crippen molar-refractivity contribution >= 4 is 15.9 Å². The Bertz CT molecular complexity index is 1330. The number of imidazole rings is 1. The van der Waals surface area contributed by atoms with Crippen LogP contribution in [0, 0.1) is 0 Å². The average molecular weight is 463 g/mol. The van der Waals surface area contributed by atoms with Crippen LogP contribution < -0.4 is 0 Å². The maximum Gasteiger partial charge on any atom is 0.0991 e. The van der Waals surface area contributed by atoms with E-state index in [1.54, 1.807) is 0 Å². The van der Waals surface area contributed by atoms with E-state index in [1.165, 1.54) is 33.4 Å². The highest BCUT2D eigenvalue weighted by Gasteiger charge is 2.46.